The largest absolute Gasteiger partial charge is 0.368 e. The van der Waals surface area contributed by atoms with Crippen LogP contribution in [0.4, 0.5) is 15.8 Å². The van der Waals surface area contributed by atoms with Crippen molar-refractivity contribution in [1.29, 1.82) is 0 Å². The molecule has 1 aromatic rings. The van der Waals surface area contributed by atoms with Crippen molar-refractivity contribution in [3.63, 3.8) is 0 Å². The number of benzene rings is 1. The molecule has 0 unspecified atom stereocenters. The number of nitrogens with zero attached hydrogens (tertiary/aromatic N) is 2. The minimum Gasteiger partial charge on any atom is -0.368 e. The molecule has 0 atom stereocenters. The van der Waals surface area contributed by atoms with E-state index in [4.69, 9.17) is 0 Å². The van der Waals surface area contributed by atoms with Crippen molar-refractivity contribution >= 4 is 23.8 Å². The fourth-order valence-electron chi connectivity index (χ4n) is 3.79. The predicted octanol–water partition coefficient (Wildman–Crippen LogP) is 3.04. The first kappa shape index (κ1) is 15.9. The zero-order chi connectivity index (χ0) is 14.2. The van der Waals surface area contributed by atoms with Crippen LogP contribution >= 0.6 is 12.4 Å². The van der Waals surface area contributed by atoms with Gasteiger partial charge in [-0.05, 0) is 62.9 Å². The van der Waals surface area contributed by atoms with Gasteiger partial charge in [0.1, 0.15) is 5.82 Å². The fraction of sp³-hybridized carbons (Fsp3) is 0.647. The molecule has 1 aromatic carbocycles. The van der Waals surface area contributed by atoms with Gasteiger partial charge in [-0.15, -0.1) is 12.4 Å². The van der Waals surface area contributed by atoms with E-state index in [1.54, 1.807) is 12.1 Å². The van der Waals surface area contributed by atoms with E-state index >= 15 is 0 Å². The van der Waals surface area contributed by atoms with Gasteiger partial charge in [0.25, 0.3) is 0 Å². The Morgan fingerprint density at radius 1 is 1.05 bits per heavy atom. The van der Waals surface area contributed by atoms with Crippen LogP contribution in [0.25, 0.3) is 0 Å². The Labute approximate surface area is 138 Å². The second kappa shape index (κ2) is 6.63. The molecule has 2 heterocycles. The van der Waals surface area contributed by atoms with E-state index in [2.05, 4.69) is 15.1 Å². The monoisotopic (exact) mass is 325 g/mol. The van der Waals surface area contributed by atoms with Crippen molar-refractivity contribution < 1.29 is 4.39 Å². The van der Waals surface area contributed by atoms with Crippen molar-refractivity contribution in [1.82, 2.24) is 5.32 Å². The Bertz CT molecular complexity index is 515. The minimum absolute atomic E-state index is 0. The molecule has 22 heavy (non-hydrogen) atoms. The smallest absolute Gasteiger partial charge is 0.125 e. The van der Waals surface area contributed by atoms with E-state index in [1.807, 2.05) is 6.07 Å². The number of fused-ring (bicyclic) bond motifs is 1. The maximum Gasteiger partial charge on any atom is 0.125 e. The molecule has 2 aliphatic heterocycles. The average Bonchev–Trinajstić information content (AvgIpc) is 3.33. The van der Waals surface area contributed by atoms with Crippen LogP contribution in [0.15, 0.2) is 18.2 Å². The lowest BCUT2D eigenvalue weighted by molar-refractivity contribution is 0.372. The Morgan fingerprint density at radius 2 is 1.82 bits per heavy atom. The Morgan fingerprint density at radius 3 is 2.55 bits per heavy atom. The van der Waals surface area contributed by atoms with Crippen LogP contribution in [0.1, 0.15) is 25.7 Å². The number of nitrogens with one attached hydrogen (secondary N) is 1. The molecule has 2 fully saturated rings. The van der Waals surface area contributed by atoms with Gasteiger partial charge in [0.05, 0.1) is 11.4 Å². The van der Waals surface area contributed by atoms with Gasteiger partial charge in [0.15, 0.2) is 0 Å². The van der Waals surface area contributed by atoms with Gasteiger partial charge in [-0.1, -0.05) is 0 Å². The molecule has 122 valence electrons. The van der Waals surface area contributed by atoms with Gasteiger partial charge in [-0.2, -0.15) is 0 Å². The topological polar surface area (TPSA) is 18.5 Å². The lowest BCUT2D eigenvalue weighted by Gasteiger charge is -2.41. The number of rotatable bonds is 3. The Kier molecular flexibility index (Phi) is 4.79. The van der Waals surface area contributed by atoms with Gasteiger partial charge in [-0.25, -0.2) is 4.39 Å². The number of halogens is 2. The summed E-state index contributed by atoms with van der Waals surface area (Å²) >= 11 is 0. The second-order valence-electron chi connectivity index (χ2n) is 6.70. The predicted molar refractivity (Wildman–Crippen MR) is 91.8 cm³/mol. The molecule has 1 N–H and O–H groups in total. The summed E-state index contributed by atoms with van der Waals surface area (Å²) in [6.07, 6.45) is 5.08. The van der Waals surface area contributed by atoms with Crippen LogP contribution in [0.2, 0.25) is 0 Å². The molecule has 0 radical (unpaired) electrons. The molecule has 1 aliphatic carbocycles. The van der Waals surface area contributed by atoms with Crippen LogP contribution in [0.5, 0.6) is 0 Å². The Balaban J connectivity index is 0.00000144. The van der Waals surface area contributed by atoms with Crippen molar-refractivity contribution in [2.24, 2.45) is 5.92 Å². The molecule has 0 aromatic heterocycles. The van der Waals surface area contributed by atoms with E-state index in [-0.39, 0.29) is 18.2 Å². The number of hydrogen-bond acceptors (Lipinski definition) is 3. The van der Waals surface area contributed by atoms with Crippen LogP contribution in [0.3, 0.4) is 0 Å². The Hall–Kier alpha value is -1.00. The maximum absolute atomic E-state index is 13.7. The highest BCUT2D eigenvalue weighted by Crippen LogP contribution is 2.40. The number of hydrogen-bond donors (Lipinski definition) is 1. The highest BCUT2D eigenvalue weighted by molar-refractivity contribution is 5.85. The van der Waals surface area contributed by atoms with Gasteiger partial charge < -0.3 is 15.1 Å². The summed E-state index contributed by atoms with van der Waals surface area (Å²) in [7, 11) is 0. The summed E-state index contributed by atoms with van der Waals surface area (Å²) in [5, 5.41) is 3.42. The van der Waals surface area contributed by atoms with E-state index in [9.17, 15) is 4.39 Å². The summed E-state index contributed by atoms with van der Waals surface area (Å²) in [4.78, 5) is 4.92. The molecule has 4 rings (SSSR count). The van der Waals surface area contributed by atoms with Crippen LogP contribution in [0, 0.1) is 11.7 Å². The molecule has 3 nitrogen and oxygen atoms in total. The van der Waals surface area contributed by atoms with Gasteiger partial charge in [0, 0.05) is 25.7 Å². The third-order valence-electron chi connectivity index (χ3n) is 5.12. The first-order valence-electron chi connectivity index (χ1n) is 8.33. The van der Waals surface area contributed by atoms with Crippen LogP contribution in [-0.4, -0.2) is 38.8 Å². The molecule has 0 amide bonds. The van der Waals surface area contributed by atoms with E-state index in [0.29, 0.717) is 6.04 Å². The first-order valence-corrected chi connectivity index (χ1v) is 8.33. The van der Waals surface area contributed by atoms with Crippen molar-refractivity contribution in [3.05, 3.63) is 24.0 Å². The molecule has 5 heteroatoms. The quantitative estimate of drug-likeness (QED) is 0.921. The molecule has 0 spiro atoms. The lowest BCUT2D eigenvalue weighted by atomic mass is 9.96. The van der Waals surface area contributed by atoms with Gasteiger partial charge >= 0.3 is 0 Å². The standard InChI is InChI=1S/C17H24FN3.ClH/c18-14-1-4-16-17(11-14)20(9-10-21(16)15-2-3-15)12-13-5-7-19-8-6-13;/h1,4,11,13,15,19H,2-3,5-10,12H2;1H. The fourth-order valence-corrected chi connectivity index (χ4v) is 3.79. The molecular formula is C17H25ClFN3. The minimum atomic E-state index is -0.110. The van der Waals surface area contributed by atoms with Crippen LogP contribution in [-0.2, 0) is 0 Å². The summed E-state index contributed by atoms with van der Waals surface area (Å²) in [5.41, 5.74) is 2.37. The maximum atomic E-state index is 13.7. The van der Waals surface area contributed by atoms with Gasteiger partial charge in [-0.3, -0.25) is 0 Å². The van der Waals surface area contributed by atoms with Crippen molar-refractivity contribution in [2.45, 2.75) is 31.7 Å². The second-order valence-corrected chi connectivity index (χ2v) is 6.70. The average molecular weight is 326 g/mol. The first-order chi connectivity index (χ1) is 10.3. The normalized spacial score (nSPS) is 22.2. The molecular weight excluding hydrogens is 301 g/mol. The van der Waals surface area contributed by atoms with E-state index in [1.165, 1.54) is 31.4 Å². The summed E-state index contributed by atoms with van der Waals surface area (Å²) in [6, 6.07) is 6.04. The van der Waals surface area contributed by atoms with Gasteiger partial charge in [0.2, 0.25) is 0 Å². The van der Waals surface area contributed by atoms with Crippen molar-refractivity contribution in [2.75, 3.05) is 42.5 Å². The molecule has 3 aliphatic rings. The summed E-state index contributed by atoms with van der Waals surface area (Å²) < 4.78 is 13.7. The molecule has 0 bridgehead atoms. The highest BCUT2D eigenvalue weighted by Gasteiger charge is 2.34. The van der Waals surface area contributed by atoms with Crippen molar-refractivity contribution in [3.8, 4) is 0 Å². The highest BCUT2D eigenvalue weighted by atomic mass is 35.5. The third kappa shape index (κ3) is 3.18. The third-order valence-corrected chi connectivity index (χ3v) is 5.12. The zero-order valence-electron chi connectivity index (χ0n) is 12.9. The zero-order valence-corrected chi connectivity index (χ0v) is 13.7. The molecule has 1 saturated heterocycles. The van der Waals surface area contributed by atoms with E-state index < -0.39 is 0 Å². The number of piperidine rings is 1. The summed E-state index contributed by atoms with van der Waals surface area (Å²) in [6.45, 7) is 5.47. The van der Waals surface area contributed by atoms with Crippen LogP contribution < -0.4 is 15.1 Å². The SMILES string of the molecule is Cl.Fc1ccc2c(c1)N(CC1CCNCC1)CCN2C1CC1. The number of anilines is 2. The molecule has 1 saturated carbocycles. The lowest BCUT2D eigenvalue weighted by Crippen LogP contribution is -2.45. The van der Waals surface area contributed by atoms with E-state index in [0.717, 1.165) is 44.3 Å². The summed E-state index contributed by atoms with van der Waals surface area (Å²) in [5.74, 6) is 0.636.